The zero-order valence-electron chi connectivity index (χ0n) is 16.5. The standard InChI is InChI=1S/C19H21N5O6/c1-11-5-14(23-8-15(30-19(23)26)6-20-12(2)25)3-4-16(11)13-7-22-9-17(24(27)28)21-18(22)29-10-13/h3-5,9,13,15H,6-8,10H2,1-2H3,(H,20,25)/t13?,15-/m0/s1. The third-order valence-electron chi connectivity index (χ3n) is 5.20. The molecule has 4 rings (SSSR count). The molecule has 2 amide bonds. The average molecular weight is 415 g/mol. The zero-order valence-corrected chi connectivity index (χ0v) is 16.5. The molecule has 0 spiro atoms. The van der Waals surface area contributed by atoms with Crippen molar-refractivity contribution in [1.29, 1.82) is 0 Å². The van der Waals surface area contributed by atoms with E-state index >= 15 is 0 Å². The summed E-state index contributed by atoms with van der Waals surface area (Å²) in [5.74, 6) is -0.414. The van der Waals surface area contributed by atoms with Crippen LogP contribution in [0, 0.1) is 17.0 Å². The van der Waals surface area contributed by atoms with Crippen LogP contribution in [0.5, 0.6) is 6.01 Å². The van der Waals surface area contributed by atoms with Crippen LogP contribution in [0.3, 0.4) is 0 Å². The molecular formula is C19H21N5O6. The summed E-state index contributed by atoms with van der Waals surface area (Å²) in [6.45, 7) is 4.86. The molecule has 11 nitrogen and oxygen atoms in total. The molecule has 2 aromatic rings. The van der Waals surface area contributed by atoms with Gasteiger partial charge in [0.15, 0.2) is 0 Å². The first-order chi connectivity index (χ1) is 14.3. The number of imidazole rings is 1. The summed E-state index contributed by atoms with van der Waals surface area (Å²) in [5.41, 5.74) is 2.71. The molecule has 158 valence electrons. The van der Waals surface area contributed by atoms with Gasteiger partial charge in [0.1, 0.15) is 18.9 Å². The number of fused-ring (bicyclic) bond motifs is 1. The number of carbonyl (C=O) groups is 2. The van der Waals surface area contributed by atoms with Crippen LogP contribution in [0.25, 0.3) is 0 Å². The van der Waals surface area contributed by atoms with E-state index in [-0.39, 0.29) is 30.2 Å². The number of benzene rings is 1. The molecule has 2 atom stereocenters. The lowest BCUT2D eigenvalue weighted by atomic mass is 9.94. The molecule has 1 aromatic carbocycles. The van der Waals surface area contributed by atoms with Gasteiger partial charge in [0.2, 0.25) is 5.91 Å². The number of carbonyl (C=O) groups excluding carboxylic acids is 2. The molecule has 1 fully saturated rings. The lowest BCUT2D eigenvalue weighted by molar-refractivity contribution is -0.389. The van der Waals surface area contributed by atoms with E-state index in [0.29, 0.717) is 25.4 Å². The van der Waals surface area contributed by atoms with E-state index in [0.717, 1.165) is 11.1 Å². The summed E-state index contributed by atoms with van der Waals surface area (Å²) in [7, 11) is 0. The number of nitro groups is 1. The number of cyclic esters (lactones) is 1. The van der Waals surface area contributed by atoms with Crippen molar-refractivity contribution in [3.05, 3.63) is 45.6 Å². The number of anilines is 1. The van der Waals surface area contributed by atoms with Crippen LogP contribution >= 0.6 is 0 Å². The Morgan fingerprint density at radius 1 is 1.40 bits per heavy atom. The van der Waals surface area contributed by atoms with Crippen LogP contribution < -0.4 is 15.0 Å². The lowest BCUT2D eigenvalue weighted by Crippen LogP contribution is -2.33. The van der Waals surface area contributed by atoms with Crippen molar-refractivity contribution in [2.24, 2.45) is 0 Å². The molecule has 3 heterocycles. The summed E-state index contributed by atoms with van der Waals surface area (Å²) in [4.78, 5) is 39.1. The number of nitrogens with zero attached hydrogens (tertiary/aromatic N) is 4. The minimum atomic E-state index is -0.544. The number of aryl methyl sites for hydroxylation is 1. The number of rotatable bonds is 5. The van der Waals surface area contributed by atoms with Crippen LogP contribution in [-0.2, 0) is 16.1 Å². The third kappa shape index (κ3) is 3.78. The molecule has 0 bridgehead atoms. The third-order valence-corrected chi connectivity index (χ3v) is 5.20. The summed E-state index contributed by atoms with van der Waals surface area (Å²) in [6.07, 6.45) is 0.526. The minimum absolute atomic E-state index is 0.00148. The van der Waals surface area contributed by atoms with Crippen LogP contribution in [-0.4, -0.2) is 52.3 Å². The Morgan fingerprint density at radius 3 is 2.90 bits per heavy atom. The summed E-state index contributed by atoms with van der Waals surface area (Å²) < 4.78 is 12.6. The molecule has 1 aromatic heterocycles. The SMILES string of the molecule is CC(=O)NC[C@H]1CN(c2ccc(C3COc4nc([N+](=O)[O-])cn4C3)c(C)c2)C(=O)O1. The van der Waals surface area contributed by atoms with Crippen molar-refractivity contribution in [3.63, 3.8) is 0 Å². The molecule has 0 saturated carbocycles. The fraction of sp³-hybridized carbons (Fsp3) is 0.421. The molecule has 1 unspecified atom stereocenters. The molecule has 0 aliphatic carbocycles. The summed E-state index contributed by atoms with van der Waals surface area (Å²) >= 11 is 0. The normalized spacial score (nSPS) is 20.3. The van der Waals surface area contributed by atoms with E-state index in [1.165, 1.54) is 18.0 Å². The van der Waals surface area contributed by atoms with Gasteiger partial charge in [-0.2, -0.15) is 0 Å². The Kier molecular flexibility index (Phi) is 5.02. The number of hydrogen-bond acceptors (Lipinski definition) is 7. The van der Waals surface area contributed by atoms with Crippen molar-refractivity contribution in [3.8, 4) is 6.01 Å². The molecule has 2 aliphatic heterocycles. The van der Waals surface area contributed by atoms with Gasteiger partial charge in [0, 0.05) is 30.1 Å². The number of nitrogens with one attached hydrogen (secondary N) is 1. The highest BCUT2D eigenvalue weighted by atomic mass is 16.6. The van der Waals surface area contributed by atoms with Crippen LogP contribution in [0.15, 0.2) is 24.4 Å². The second-order valence-electron chi connectivity index (χ2n) is 7.39. The van der Waals surface area contributed by atoms with E-state index in [1.54, 1.807) is 4.57 Å². The van der Waals surface area contributed by atoms with Gasteiger partial charge >= 0.3 is 17.9 Å². The Hall–Kier alpha value is -3.63. The lowest BCUT2D eigenvalue weighted by Gasteiger charge is -2.24. The van der Waals surface area contributed by atoms with Crippen molar-refractivity contribution < 1.29 is 24.0 Å². The molecule has 2 aliphatic rings. The van der Waals surface area contributed by atoms with Gasteiger partial charge in [-0.25, -0.2) is 4.79 Å². The van der Waals surface area contributed by atoms with Gasteiger partial charge in [0.05, 0.1) is 13.1 Å². The fourth-order valence-electron chi connectivity index (χ4n) is 3.76. The number of amides is 2. The van der Waals surface area contributed by atoms with Crippen LogP contribution in [0.2, 0.25) is 0 Å². The van der Waals surface area contributed by atoms with Gasteiger partial charge in [-0.1, -0.05) is 6.07 Å². The Labute approximate surface area is 171 Å². The Balaban J connectivity index is 1.48. The maximum atomic E-state index is 12.2. The highest BCUT2D eigenvalue weighted by Gasteiger charge is 2.33. The van der Waals surface area contributed by atoms with E-state index < -0.39 is 17.1 Å². The number of aromatic nitrogens is 2. The second-order valence-corrected chi connectivity index (χ2v) is 7.39. The molecule has 11 heteroatoms. The summed E-state index contributed by atoms with van der Waals surface area (Å²) in [6, 6.07) is 5.93. The maximum Gasteiger partial charge on any atom is 0.414 e. The van der Waals surface area contributed by atoms with Crippen LogP contribution in [0.1, 0.15) is 24.0 Å². The van der Waals surface area contributed by atoms with E-state index in [9.17, 15) is 19.7 Å². The van der Waals surface area contributed by atoms with Crippen molar-refractivity contribution >= 4 is 23.5 Å². The Morgan fingerprint density at radius 2 is 2.20 bits per heavy atom. The Bertz CT molecular complexity index is 1020. The predicted octanol–water partition coefficient (Wildman–Crippen LogP) is 1.74. The molecule has 1 saturated heterocycles. The highest BCUT2D eigenvalue weighted by Crippen LogP contribution is 2.32. The fourth-order valence-corrected chi connectivity index (χ4v) is 3.76. The average Bonchev–Trinajstić information content (AvgIpc) is 3.29. The van der Waals surface area contributed by atoms with Crippen LogP contribution in [0.4, 0.5) is 16.3 Å². The zero-order chi connectivity index (χ0) is 21.4. The monoisotopic (exact) mass is 415 g/mol. The van der Waals surface area contributed by atoms with Crippen molar-refractivity contribution in [2.45, 2.75) is 32.4 Å². The van der Waals surface area contributed by atoms with Gasteiger partial charge < -0.3 is 24.9 Å². The van der Waals surface area contributed by atoms with Gasteiger partial charge in [-0.05, 0) is 35.1 Å². The minimum Gasteiger partial charge on any atom is -0.445 e. The highest BCUT2D eigenvalue weighted by molar-refractivity contribution is 5.90. The summed E-state index contributed by atoms with van der Waals surface area (Å²) in [5, 5.41) is 13.6. The first-order valence-corrected chi connectivity index (χ1v) is 9.49. The predicted molar refractivity (Wildman–Crippen MR) is 105 cm³/mol. The maximum absolute atomic E-state index is 12.2. The van der Waals surface area contributed by atoms with Crippen molar-refractivity contribution in [2.75, 3.05) is 24.6 Å². The smallest absolute Gasteiger partial charge is 0.414 e. The number of hydrogen-bond donors (Lipinski definition) is 1. The molecule has 30 heavy (non-hydrogen) atoms. The quantitative estimate of drug-likeness (QED) is 0.582. The van der Waals surface area contributed by atoms with Crippen molar-refractivity contribution in [1.82, 2.24) is 14.9 Å². The first-order valence-electron chi connectivity index (χ1n) is 9.49. The second kappa shape index (κ2) is 7.65. The molecular weight excluding hydrogens is 394 g/mol. The van der Waals surface area contributed by atoms with E-state index in [2.05, 4.69) is 10.3 Å². The molecule has 0 radical (unpaired) electrons. The first kappa shape index (κ1) is 19.7. The number of ether oxygens (including phenoxy) is 2. The largest absolute Gasteiger partial charge is 0.445 e. The topological polar surface area (TPSA) is 129 Å². The van der Waals surface area contributed by atoms with E-state index in [1.807, 2.05) is 25.1 Å². The van der Waals surface area contributed by atoms with Gasteiger partial charge in [-0.15, -0.1) is 0 Å². The molecule has 1 N–H and O–H groups in total. The van der Waals surface area contributed by atoms with E-state index in [4.69, 9.17) is 9.47 Å². The van der Waals surface area contributed by atoms with Gasteiger partial charge in [0.25, 0.3) is 0 Å². The van der Waals surface area contributed by atoms with Gasteiger partial charge in [-0.3, -0.25) is 14.3 Å².